The second kappa shape index (κ2) is 7.70. The molecule has 0 bridgehead atoms. The first-order valence-electron chi connectivity index (χ1n) is 9.09. The van der Waals surface area contributed by atoms with Gasteiger partial charge in [-0.25, -0.2) is 9.48 Å². The molecule has 142 valence electrons. The van der Waals surface area contributed by atoms with E-state index in [9.17, 15) is 9.59 Å². The third-order valence-corrected chi connectivity index (χ3v) is 5.26. The van der Waals surface area contributed by atoms with Crippen molar-refractivity contribution in [3.63, 3.8) is 0 Å². The molecule has 0 radical (unpaired) electrons. The van der Waals surface area contributed by atoms with Crippen LogP contribution in [0.3, 0.4) is 0 Å². The van der Waals surface area contributed by atoms with E-state index in [2.05, 4.69) is 10.4 Å². The molecule has 2 saturated heterocycles. The van der Waals surface area contributed by atoms with E-state index in [0.29, 0.717) is 37.0 Å². The summed E-state index contributed by atoms with van der Waals surface area (Å²) in [6.07, 6.45) is 1.68. The first-order chi connectivity index (χ1) is 13.1. The summed E-state index contributed by atoms with van der Waals surface area (Å²) >= 11 is 5.93. The molecule has 1 aromatic heterocycles. The molecule has 2 amide bonds. The van der Waals surface area contributed by atoms with E-state index in [1.807, 2.05) is 12.1 Å². The molecule has 2 aliphatic heterocycles. The van der Waals surface area contributed by atoms with Gasteiger partial charge in [-0.3, -0.25) is 4.79 Å². The predicted octanol–water partition coefficient (Wildman–Crippen LogP) is 2.31. The lowest BCUT2D eigenvalue weighted by Crippen LogP contribution is -2.58. The lowest BCUT2D eigenvalue weighted by molar-refractivity contribution is 0.0719. The highest BCUT2D eigenvalue weighted by Gasteiger charge is 2.34. The number of nitrogens with one attached hydrogen (secondary N) is 1. The summed E-state index contributed by atoms with van der Waals surface area (Å²) in [5.74, 6) is 0. The van der Waals surface area contributed by atoms with Gasteiger partial charge in [-0.1, -0.05) is 23.7 Å². The van der Waals surface area contributed by atoms with Crippen LogP contribution in [0.25, 0.3) is 11.3 Å². The van der Waals surface area contributed by atoms with Gasteiger partial charge in [-0.05, 0) is 31.0 Å². The van der Waals surface area contributed by atoms with Crippen LogP contribution in [0.2, 0.25) is 5.02 Å². The SMILES string of the molecule is O=C(NC1CCOCC1)N1CC(n2nc(-c3ccc(Cl)cc3)ccc2=O)C1. The number of carbonyl (C=O) groups excluding carboxylic acids is 1. The highest BCUT2D eigenvalue weighted by molar-refractivity contribution is 6.30. The van der Waals surface area contributed by atoms with Crippen molar-refractivity contribution in [2.75, 3.05) is 26.3 Å². The number of likely N-dealkylation sites (tertiary alicyclic amines) is 1. The minimum absolute atomic E-state index is 0.0833. The molecule has 2 fully saturated rings. The van der Waals surface area contributed by atoms with Crippen LogP contribution >= 0.6 is 11.6 Å². The van der Waals surface area contributed by atoms with Gasteiger partial charge in [-0.2, -0.15) is 5.10 Å². The first kappa shape index (κ1) is 18.0. The maximum Gasteiger partial charge on any atom is 0.317 e. The summed E-state index contributed by atoms with van der Waals surface area (Å²) in [5, 5.41) is 8.18. The number of hydrogen-bond acceptors (Lipinski definition) is 4. The zero-order valence-corrected chi connectivity index (χ0v) is 15.6. The van der Waals surface area contributed by atoms with Gasteiger partial charge in [0.2, 0.25) is 0 Å². The Morgan fingerprint density at radius 3 is 2.52 bits per heavy atom. The van der Waals surface area contributed by atoms with Crippen LogP contribution in [0, 0.1) is 0 Å². The van der Waals surface area contributed by atoms with E-state index >= 15 is 0 Å². The topological polar surface area (TPSA) is 76.5 Å². The summed E-state index contributed by atoms with van der Waals surface area (Å²) < 4.78 is 6.78. The number of nitrogens with zero attached hydrogens (tertiary/aromatic N) is 3. The van der Waals surface area contributed by atoms with Gasteiger partial charge in [0, 0.05) is 49.0 Å². The zero-order valence-electron chi connectivity index (χ0n) is 14.8. The minimum atomic E-state index is -0.165. The minimum Gasteiger partial charge on any atom is -0.381 e. The number of carbonyl (C=O) groups is 1. The van der Waals surface area contributed by atoms with E-state index in [-0.39, 0.29) is 23.7 Å². The van der Waals surface area contributed by atoms with Gasteiger partial charge in [-0.15, -0.1) is 0 Å². The number of hydrogen-bond donors (Lipinski definition) is 1. The first-order valence-corrected chi connectivity index (χ1v) is 9.47. The van der Waals surface area contributed by atoms with Gasteiger partial charge in [0.05, 0.1) is 11.7 Å². The van der Waals surface area contributed by atoms with Crippen molar-refractivity contribution in [1.82, 2.24) is 20.0 Å². The summed E-state index contributed by atoms with van der Waals surface area (Å²) in [6.45, 7) is 2.33. The van der Waals surface area contributed by atoms with Crippen LogP contribution in [-0.2, 0) is 4.74 Å². The van der Waals surface area contributed by atoms with Crippen molar-refractivity contribution in [3.8, 4) is 11.3 Å². The van der Waals surface area contributed by atoms with E-state index in [0.717, 1.165) is 18.4 Å². The fraction of sp³-hybridized carbons (Fsp3) is 0.421. The molecule has 0 unspecified atom stereocenters. The number of benzene rings is 1. The average Bonchev–Trinajstić information content (AvgIpc) is 2.63. The summed E-state index contributed by atoms with van der Waals surface area (Å²) in [7, 11) is 0. The van der Waals surface area contributed by atoms with Crippen molar-refractivity contribution < 1.29 is 9.53 Å². The molecule has 2 aliphatic rings. The molecule has 27 heavy (non-hydrogen) atoms. The summed E-state index contributed by atoms with van der Waals surface area (Å²) in [6, 6.07) is 10.5. The van der Waals surface area contributed by atoms with Crippen molar-refractivity contribution in [1.29, 1.82) is 0 Å². The van der Waals surface area contributed by atoms with Crippen LogP contribution < -0.4 is 10.9 Å². The number of aromatic nitrogens is 2. The van der Waals surface area contributed by atoms with Crippen molar-refractivity contribution >= 4 is 17.6 Å². The third-order valence-electron chi connectivity index (χ3n) is 5.01. The monoisotopic (exact) mass is 388 g/mol. The van der Waals surface area contributed by atoms with E-state index in [4.69, 9.17) is 16.3 Å². The Morgan fingerprint density at radius 1 is 1.11 bits per heavy atom. The highest BCUT2D eigenvalue weighted by Crippen LogP contribution is 2.22. The number of halogens is 1. The van der Waals surface area contributed by atoms with Crippen molar-refractivity contribution in [3.05, 3.63) is 51.8 Å². The Morgan fingerprint density at radius 2 is 1.81 bits per heavy atom. The summed E-state index contributed by atoms with van der Waals surface area (Å²) in [5.41, 5.74) is 1.43. The Labute approximate surface area is 161 Å². The van der Waals surface area contributed by atoms with Crippen LogP contribution in [0.15, 0.2) is 41.2 Å². The molecule has 0 saturated carbocycles. The van der Waals surface area contributed by atoms with Gasteiger partial charge in [0.15, 0.2) is 0 Å². The van der Waals surface area contributed by atoms with Crippen LogP contribution in [0.1, 0.15) is 18.9 Å². The molecule has 1 aromatic carbocycles. The van der Waals surface area contributed by atoms with Crippen LogP contribution in [0.5, 0.6) is 0 Å². The van der Waals surface area contributed by atoms with Crippen LogP contribution in [-0.4, -0.2) is 53.1 Å². The van der Waals surface area contributed by atoms with Gasteiger partial charge >= 0.3 is 6.03 Å². The van der Waals surface area contributed by atoms with Gasteiger partial charge in [0.1, 0.15) is 0 Å². The Hall–Kier alpha value is -2.38. The fourth-order valence-corrected chi connectivity index (χ4v) is 3.47. The maximum absolute atomic E-state index is 12.3. The van der Waals surface area contributed by atoms with Crippen molar-refractivity contribution in [2.24, 2.45) is 0 Å². The Kier molecular flexibility index (Phi) is 5.13. The number of rotatable bonds is 3. The normalized spacial score (nSPS) is 18.2. The number of amides is 2. The smallest absolute Gasteiger partial charge is 0.317 e. The second-order valence-electron chi connectivity index (χ2n) is 6.90. The molecular formula is C19H21ClN4O3. The number of urea groups is 1. The molecule has 8 heteroatoms. The molecule has 0 atom stereocenters. The van der Waals surface area contributed by atoms with E-state index in [1.54, 1.807) is 23.1 Å². The highest BCUT2D eigenvalue weighted by atomic mass is 35.5. The number of ether oxygens (including phenoxy) is 1. The third kappa shape index (κ3) is 3.99. The molecule has 0 spiro atoms. The molecule has 7 nitrogen and oxygen atoms in total. The van der Waals surface area contributed by atoms with Gasteiger partial charge < -0.3 is 15.0 Å². The molecule has 4 rings (SSSR count). The fourth-order valence-electron chi connectivity index (χ4n) is 3.35. The molecule has 3 heterocycles. The van der Waals surface area contributed by atoms with E-state index < -0.39 is 0 Å². The van der Waals surface area contributed by atoms with Crippen molar-refractivity contribution in [2.45, 2.75) is 24.9 Å². The lowest BCUT2D eigenvalue weighted by Gasteiger charge is -2.40. The maximum atomic E-state index is 12.3. The molecule has 2 aromatic rings. The standard InChI is InChI=1S/C19H21ClN4O3/c20-14-3-1-13(2-4-14)17-5-6-18(25)24(22-17)16-11-23(12-16)19(26)21-15-7-9-27-10-8-15/h1-6,15-16H,7-12H2,(H,21,26). The quantitative estimate of drug-likeness (QED) is 0.875. The Bertz CT molecular complexity index is 871. The summed E-state index contributed by atoms with van der Waals surface area (Å²) in [4.78, 5) is 26.3. The average molecular weight is 389 g/mol. The Balaban J connectivity index is 1.41. The van der Waals surface area contributed by atoms with E-state index in [1.165, 1.54) is 10.7 Å². The van der Waals surface area contributed by atoms with Gasteiger partial charge in [0.25, 0.3) is 5.56 Å². The predicted molar refractivity (Wildman–Crippen MR) is 102 cm³/mol. The molecule has 1 N–H and O–H groups in total. The van der Waals surface area contributed by atoms with Crippen LogP contribution in [0.4, 0.5) is 4.79 Å². The lowest BCUT2D eigenvalue weighted by atomic mass is 10.1. The molecular weight excluding hydrogens is 368 g/mol. The zero-order chi connectivity index (χ0) is 18.8. The largest absolute Gasteiger partial charge is 0.381 e. The molecule has 0 aliphatic carbocycles. The second-order valence-corrected chi connectivity index (χ2v) is 7.34.